The monoisotopic (exact) mass is 618 g/mol. The highest BCUT2D eigenvalue weighted by molar-refractivity contribution is 6.74. The van der Waals surface area contributed by atoms with Crippen LogP contribution in [0.3, 0.4) is 0 Å². The third-order valence-corrected chi connectivity index (χ3v) is 19.6. The first-order valence-electron chi connectivity index (χ1n) is 17.2. The molecule has 7 heteroatoms. The van der Waals surface area contributed by atoms with Crippen molar-refractivity contribution >= 4 is 22.6 Å². The second kappa shape index (κ2) is 18.5. The summed E-state index contributed by atoms with van der Waals surface area (Å²) in [6, 6.07) is 15.2. The minimum absolute atomic E-state index is 0.0658. The summed E-state index contributed by atoms with van der Waals surface area (Å²) in [5.41, 5.74) is 2.85. The van der Waals surface area contributed by atoms with Gasteiger partial charge in [-0.3, -0.25) is 4.79 Å². The van der Waals surface area contributed by atoms with E-state index in [0.29, 0.717) is 12.8 Å². The van der Waals surface area contributed by atoms with E-state index in [1.807, 2.05) is 0 Å². The lowest BCUT2D eigenvalue weighted by Gasteiger charge is -2.42. The molecule has 0 bridgehead atoms. The molecular weight excluding hydrogens is 557 g/mol. The first kappa shape index (κ1) is 36.9. The van der Waals surface area contributed by atoms with Crippen molar-refractivity contribution in [2.24, 2.45) is 11.8 Å². The van der Waals surface area contributed by atoms with Gasteiger partial charge >= 0.3 is 5.97 Å². The van der Waals surface area contributed by atoms with Gasteiger partial charge in [0.25, 0.3) is 0 Å². The van der Waals surface area contributed by atoms with Crippen LogP contribution in [0.25, 0.3) is 11.1 Å². The van der Waals surface area contributed by atoms with E-state index >= 15 is 0 Å². The molecule has 240 valence electrons. The lowest BCUT2D eigenvalue weighted by atomic mass is 9.84. The molecule has 1 fully saturated rings. The van der Waals surface area contributed by atoms with E-state index in [4.69, 9.17) is 14.0 Å². The SMILES string of the molecule is CCCC[C@@H](O[Si](CC)(CC)CC)[C@H]1[C@@H](CC=CCCCC(=O)O)[C@@H](O)C[C@H]1O[Si](CC)(CC)CC.c1cc2cc-2c1. The van der Waals surface area contributed by atoms with Crippen LogP contribution >= 0.6 is 0 Å². The van der Waals surface area contributed by atoms with Gasteiger partial charge in [0.2, 0.25) is 0 Å². The predicted molar refractivity (Wildman–Crippen MR) is 182 cm³/mol. The molecule has 42 heavy (non-hydrogen) atoms. The number of allylic oxidation sites excluding steroid dienone is 2. The number of benzene rings is 1. The topological polar surface area (TPSA) is 76.0 Å². The van der Waals surface area contributed by atoms with Crippen molar-refractivity contribution in [3.63, 3.8) is 0 Å². The average Bonchev–Trinajstić information content (AvgIpc) is 3.47. The van der Waals surface area contributed by atoms with Crippen molar-refractivity contribution in [2.45, 2.75) is 154 Å². The third kappa shape index (κ3) is 10.7. The fourth-order valence-electron chi connectivity index (χ4n) is 6.85. The van der Waals surface area contributed by atoms with Gasteiger partial charge in [-0.15, -0.1) is 0 Å². The van der Waals surface area contributed by atoms with Gasteiger partial charge in [0.15, 0.2) is 16.6 Å². The highest BCUT2D eigenvalue weighted by Gasteiger charge is 2.50. The van der Waals surface area contributed by atoms with Crippen molar-refractivity contribution in [3.05, 3.63) is 36.4 Å². The van der Waals surface area contributed by atoms with Crippen molar-refractivity contribution in [1.82, 2.24) is 0 Å². The Balaban J connectivity index is 0.000000888. The van der Waals surface area contributed by atoms with Gasteiger partial charge < -0.3 is 19.1 Å². The summed E-state index contributed by atoms with van der Waals surface area (Å²) >= 11 is 0. The lowest BCUT2D eigenvalue weighted by molar-refractivity contribution is -0.137. The third-order valence-electron chi connectivity index (χ3n) is 10.3. The highest BCUT2D eigenvalue weighted by atomic mass is 28.4. The first-order valence-corrected chi connectivity index (χ1v) is 22.2. The summed E-state index contributed by atoms with van der Waals surface area (Å²) < 4.78 is 14.4. The molecule has 5 nitrogen and oxygen atoms in total. The number of aliphatic hydroxyl groups is 1. The molecule has 0 aromatic rings. The van der Waals surface area contributed by atoms with Crippen LogP contribution in [0, 0.1) is 11.8 Å². The number of hydrogen-bond donors (Lipinski definition) is 2. The molecule has 0 amide bonds. The number of carboxylic acid groups (broad SMARTS) is 1. The van der Waals surface area contributed by atoms with Crippen LogP contribution in [0.15, 0.2) is 36.4 Å². The van der Waals surface area contributed by atoms with E-state index in [1.54, 1.807) is 0 Å². The van der Waals surface area contributed by atoms with Crippen molar-refractivity contribution in [2.75, 3.05) is 0 Å². The average molecular weight is 619 g/mol. The molecule has 5 atom stereocenters. The van der Waals surface area contributed by atoms with Crippen LogP contribution in [0.4, 0.5) is 0 Å². The number of hydrogen-bond acceptors (Lipinski definition) is 4. The van der Waals surface area contributed by atoms with E-state index in [1.165, 1.54) is 11.1 Å². The van der Waals surface area contributed by atoms with Crippen LogP contribution in [-0.2, 0) is 13.6 Å². The summed E-state index contributed by atoms with van der Waals surface area (Å²) in [7, 11) is -3.65. The standard InChI is InChI=1S/C29H58O5Si2.C6H4/c1-8-15-21-26(33-35(9-2,10-3)11-4)29-24(20-18-16-17-19-22-28(31)32)25(30)23-27(29)34-36(12-5,13-6)14-7;1-2-5-4-6(5)3-1/h16,18,24-27,29-30H,8-15,17,19-23H2,1-7H3,(H,31,32);1-4H/t24-,25-,26+,27+,29+;/m0./s1. The molecule has 0 heterocycles. The van der Waals surface area contributed by atoms with Crippen LogP contribution in [-0.4, -0.2) is 51.1 Å². The van der Waals surface area contributed by atoms with Crippen LogP contribution in [0.5, 0.6) is 0 Å². The number of carbonyl (C=O) groups is 1. The fraction of sp³-hybridized carbons (Fsp3) is 0.743. The molecule has 2 N–H and O–H groups in total. The van der Waals surface area contributed by atoms with Crippen molar-refractivity contribution in [1.29, 1.82) is 0 Å². The minimum Gasteiger partial charge on any atom is -0.481 e. The second-order valence-corrected chi connectivity index (χ2v) is 22.0. The Bertz CT molecular complexity index is 909. The molecule has 0 saturated heterocycles. The molecule has 0 aromatic heterocycles. The highest BCUT2D eigenvalue weighted by Crippen LogP contribution is 2.45. The number of aliphatic carboxylic acids is 1. The number of aliphatic hydroxyl groups excluding tert-OH is 1. The van der Waals surface area contributed by atoms with Gasteiger partial charge in [0, 0.05) is 12.3 Å². The second-order valence-electron chi connectivity index (χ2n) is 12.6. The summed E-state index contributed by atoms with van der Waals surface area (Å²) in [6.07, 6.45) is 10.6. The molecule has 3 aliphatic carbocycles. The maximum atomic E-state index is 11.3. The van der Waals surface area contributed by atoms with Gasteiger partial charge in [-0.25, -0.2) is 0 Å². The van der Waals surface area contributed by atoms with Crippen LogP contribution in [0.2, 0.25) is 36.3 Å². The van der Waals surface area contributed by atoms with Crippen molar-refractivity contribution in [3.8, 4) is 11.1 Å². The zero-order chi connectivity index (χ0) is 31.2. The Hall–Kier alpha value is -1.26. The van der Waals surface area contributed by atoms with Gasteiger partial charge in [-0.1, -0.05) is 91.7 Å². The van der Waals surface area contributed by atoms with Gasteiger partial charge in [-0.2, -0.15) is 0 Å². The van der Waals surface area contributed by atoms with E-state index in [-0.39, 0.29) is 36.6 Å². The Morgan fingerprint density at radius 2 is 1.52 bits per heavy atom. The number of unbranched alkanes of at least 4 members (excludes halogenated alkanes) is 2. The number of carboxylic acids is 1. The maximum absolute atomic E-state index is 11.3. The van der Waals surface area contributed by atoms with Gasteiger partial charge in [0.05, 0.1) is 18.3 Å². The smallest absolute Gasteiger partial charge is 0.303 e. The molecule has 0 unspecified atom stereocenters. The van der Waals surface area contributed by atoms with Crippen LogP contribution in [0.1, 0.15) is 99.8 Å². The fourth-order valence-corrected chi connectivity index (χ4v) is 12.7. The van der Waals surface area contributed by atoms with Crippen LogP contribution < -0.4 is 0 Å². The van der Waals surface area contributed by atoms with Gasteiger partial charge in [0.1, 0.15) is 0 Å². The molecular formula is C35H62O5Si2. The largest absolute Gasteiger partial charge is 0.481 e. The van der Waals surface area contributed by atoms with Crippen molar-refractivity contribution < 1.29 is 23.9 Å². The maximum Gasteiger partial charge on any atom is 0.303 e. The number of rotatable bonds is 20. The van der Waals surface area contributed by atoms with Gasteiger partial charge in [-0.05, 0) is 91.5 Å². The summed E-state index contributed by atoms with van der Waals surface area (Å²) in [5.74, 6) is -0.401. The molecule has 3 aliphatic rings. The zero-order valence-corrected chi connectivity index (χ0v) is 29.9. The lowest BCUT2D eigenvalue weighted by Crippen LogP contribution is -2.48. The first-order chi connectivity index (χ1) is 20.2. The van der Waals surface area contributed by atoms with E-state index in [2.05, 4.69) is 84.9 Å². The molecule has 0 aliphatic heterocycles. The van der Waals surface area contributed by atoms with E-state index in [9.17, 15) is 9.90 Å². The Kier molecular flexibility index (Phi) is 16.3. The molecule has 0 aromatic carbocycles. The zero-order valence-electron chi connectivity index (χ0n) is 27.9. The molecule has 3 rings (SSSR count). The minimum atomic E-state index is -1.83. The Morgan fingerprint density at radius 1 is 0.929 bits per heavy atom. The Morgan fingerprint density at radius 3 is 1.98 bits per heavy atom. The molecule has 0 radical (unpaired) electrons. The number of fused-ring (bicyclic) bond motifs is 1. The summed E-state index contributed by atoms with van der Waals surface area (Å²) in [4.78, 5) is 10.8. The van der Waals surface area contributed by atoms with E-state index < -0.39 is 22.6 Å². The summed E-state index contributed by atoms with van der Waals surface area (Å²) in [5, 5.41) is 20.2. The summed E-state index contributed by atoms with van der Waals surface area (Å²) in [6.45, 7) is 16.0. The predicted octanol–water partition coefficient (Wildman–Crippen LogP) is 9.82. The Labute approximate surface area is 259 Å². The molecule has 0 spiro atoms. The van der Waals surface area contributed by atoms with E-state index in [0.717, 1.165) is 68.4 Å². The normalized spacial score (nSPS) is 22.2. The molecule has 1 saturated carbocycles. The quantitative estimate of drug-likeness (QED) is 0.0877.